The zero-order chi connectivity index (χ0) is 33.0. The third kappa shape index (κ3) is 5.51. The van der Waals surface area contributed by atoms with Crippen molar-refractivity contribution in [3.8, 4) is 39.5 Å². The van der Waals surface area contributed by atoms with Crippen LogP contribution in [-0.4, -0.2) is 62.9 Å². The highest BCUT2D eigenvalue weighted by atomic mass is 32.2. The number of rotatable bonds is 8. The van der Waals surface area contributed by atoms with E-state index >= 15 is 4.39 Å². The predicted octanol–water partition coefficient (Wildman–Crippen LogP) is 7.13. The van der Waals surface area contributed by atoms with Gasteiger partial charge in [0.1, 0.15) is 35.4 Å². The average Bonchev–Trinajstić information content (AvgIpc) is 3.76. The molecule has 47 heavy (non-hydrogen) atoms. The van der Waals surface area contributed by atoms with Gasteiger partial charge in [-0.25, -0.2) is 18.0 Å². The molecule has 0 saturated heterocycles. The number of carbonyl (C=O) groups excluding carboxylic acids is 1. The number of thiophene rings is 1. The van der Waals surface area contributed by atoms with Gasteiger partial charge in [-0.1, -0.05) is 18.7 Å². The Balaban J connectivity index is 1.50. The van der Waals surface area contributed by atoms with Gasteiger partial charge in [-0.2, -0.15) is 9.46 Å². The van der Waals surface area contributed by atoms with Gasteiger partial charge < -0.3 is 14.4 Å². The summed E-state index contributed by atoms with van der Waals surface area (Å²) in [5.41, 5.74) is 4.99. The van der Waals surface area contributed by atoms with Crippen molar-refractivity contribution in [2.75, 3.05) is 33.1 Å². The van der Waals surface area contributed by atoms with Crippen molar-refractivity contribution in [1.82, 2.24) is 19.7 Å². The molecule has 5 heterocycles. The number of hydrogen-bond donors (Lipinski definition) is 0. The highest BCUT2D eigenvalue weighted by Gasteiger charge is 2.31. The van der Waals surface area contributed by atoms with Crippen molar-refractivity contribution in [3.63, 3.8) is 0 Å². The van der Waals surface area contributed by atoms with Gasteiger partial charge in [0.15, 0.2) is 0 Å². The lowest BCUT2D eigenvalue weighted by atomic mass is 9.96. The first kappa shape index (κ1) is 31.2. The van der Waals surface area contributed by atoms with Crippen LogP contribution in [0.3, 0.4) is 0 Å². The van der Waals surface area contributed by atoms with Crippen LogP contribution in [0.1, 0.15) is 24.2 Å². The zero-order valence-electron chi connectivity index (χ0n) is 26.0. The summed E-state index contributed by atoms with van der Waals surface area (Å²) in [6, 6.07) is 11.2. The van der Waals surface area contributed by atoms with Crippen LogP contribution in [0.2, 0.25) is 0 Å². The molecule has 13 heteroatoms. The maximum atomic E-state index is 16.1. The fraction of sp³-hybridized carbons (Fsp3) is 0.265. The SMILES string of the molecule is C=CC(=O)N1CCn2nc(-c3nc(-c4ccc5c(c4)N=S(C)(=O)C5)c4ccsc4c3-c3c(F)cc(F)cc3OCCOC)cc2[C@H]1C. The quantitative estimate of drug-likeness (QED) is 0.128. The third-order valence-corrected chi connectivity index (χ3v) is 10.8. The Hall–Kier alpha value is -4.46. The van der Waals surface area contributed by atoms with Crippen molar-refractivity contribution in [3.05, 3.63) is 83.4 Å². The smallest absolute Gasteiger partial charge is 0.246 e. The lowest BCUT2D eigenvalue weighted by Crippen LogP contribution is -2.40. The number of carbonyl (C=O) groups is 1. The van der Waals surface area contributed by atoms with Gasteiger partial charge in [0.25, 0.3) is 0 Å². The van der Waals surface area contributed by atoms with E-state index in [9.17, 15) is 13.4 Å². The van der Waals surface area contributed by atoms with Crippen LogP contribution in [0.4, 0.5) is 14.5 Å². The standard InChI is InChI=1S/C34H31F2N5O4S2/c1-5-29(42)40-9-10-41-27(19(40)2)17-26(38-41)33-31(30-24(36)15-22(35)16-28(30)45-12-11-44-3)34-23(8-13-46-34)32(37-33)20-6-7-21-18-47(4,43)39-25(21)14-20/h5-8,13-17,19H,1,9-12,18H2,2-4H3/t19-,47?/m1/s1. The van der Waals surface area contributed by atoms with E-state index in [1.165, 1.54) is 24.5 Å². The Morgan fingerprint density at radius 2 is 1.96 bits per heavy atom. The average molecular weight is 676 g/mol. The lowest BCUT2D eigenvalue weighted by Gasteiger charge is -2.33. The molecule has 2 aliphatic heterocycles. The molecule has 5 aromatic rings. The second-order valence-electron chi connectivity index (χ2n) is 11.6. The molecule has 0 radical (unpaired) electrons. The van der Waals surface area contributed by atoms with Crippen molar-refractivity contribution in [2.24, 2.45) is 4.36 Å². The maximum absolute atomic E-state index is 16.1. The van der Waals surface area contributed by atoms with Crippen LogP contribution in [0, 0.1) is 11.6 Å². The topological polar surface area (TPSA) is 98.9 Å². The molecule has 1 amide bonds. The number of halogens is 2. The summed E-state index contributed by atoms with van der Waals surface area (Å²) in [5.74, 6) is -1.37. The van der Waals surface area contributed by atoms with Gasteiger partial charge in [-0.3, -0.25) is 9.48 Å². The van der Waals surface area contributed by atoms with Crippen molar-refractivity contribution in [1.29, 1.82) is 0 Å². The van der Waals surface area contributed by atoms with Gasteiger partial charge in [0.05, 0.1) is 57.3 Å². The van der Waals surface area contributed by atoms with Crippen LogP contribution in [-0.2, 0) is 31.6 Å². The molecule has 0 spiro atoms. The van der Waals surface area contributed by atoms with Crippen molar-refractivity contribution in [2.45, 2.75) is 25.3 Å². The Morgan fingerprint density at radius 1 is 1.13 bits per heavy atom. The number of aromatic nitrogens is 3. The second-order valence-corrected chi connectivity index (χ2v) is 14.9. The second kappa shape index (κ2) is 12.0. The Bertz CT molecular complexity index is 2220. The van der Waals surface area contributed by atoms with E-state index in [2.05, 4.69) is 10.9 Å². The van der Waals surface area contributed by atoms with E-state index in [4.69, 9.17) is 19.6 Å². The lowest BCUT2D eigenvalue weighted by molar-refractivity contribution is -0.129. The zero-order valence-corrected chi connectivity index (χ0v) is 27.6. The van der Waals surface area contributed by atoms with E-state index < -0.39 is 21.4 Å². The van der Waals surface area contributed by atoms with Crippen LogP contribution in [0.25, 0.3) is 43.9 Å². The summed E-state index contributed by atoms with van der Waals surface area (Å²) in [7, 11) is -0.841. The number of pyridine rings is 1. The summed E-state index contributed by atoms with van der Waals surface area (Å²) < 4.78 is 61.5. The Morgan fingerprint density at radius 3 is 2.74 bits per heavy atom. The highest BCUT2D eigenvalue weighted by Crippen LogP contribution is 2.48. The van der Waals surface area contributed by atoms with Gasteiger partial charge in [0, 0.05) is 53.3 Å². The van der Waals surface area contributed by atoms with Gasteiger partial charge in [-0.05, 0) is 42.1 Å². The number of hydrogen-bond acceptors (Lipinski definition) is 8. The monoisotopic (exact) mass is 675 g/mol. The van der Waals surface area contributed by atoms with Gasteiger partial charge in [-0.15, -0.1) is 11.3 Å². The van der Waals surface area contributed by atoms with Crippen LogP contribution >= 0.6 is 11.3 Å². The molecule has 0 saturated carbocycles. The summed E-state index contributed by atoms with van der Waals surface area (Å²) in [6.45, 7) is 6.74. The summed E-state index contributed by atoms with van der Waals surface area (Å²) in [4.78, 5) is 19.5. The normalized spacial score (nSPS) is 18.6. The number of benzene rings is 2. The summed E-state index contributed by atoms with van der Waals surface area (Å²) in [5, 5.41) is 7.55. The van der Waals surface area contributed by atoms with Gasteiger partial charge in [0.2, 0.25) is 5.91 Å². The molecule has 9 nitrogen and oxygen atoms in total. The first-order valence-corrected chi connectivity index (χ1v) is 17.9. The van der Waals surface area contributed by atoms with Crippen molar-refractivity contribution >= 4 is 42.7 Å². The van der Waals surface area contributed by atoms with Crippen LogP contribution in [0.5, 0.6) is 5.75 Å². The number of fused-ring (bicyclic) bond motifs is 3. The third-order valence-electron chi connectivity index (χ3n) is 8.45. The fourth-order valence-corrected chi connectivity index (χ4v) is 8.71. The molecule has 2 atom stereocenters. The molecule has 0 N–H and O–H groups in total. The number of nitrogens with zero attached hydrogens (tertiary/aromatic N) is 5. The summed E-state index contributed by atoms with van der Waals surface area (Å²) in [6.07, 6.45) is 2.94. The van der Waals surface area contributed by atoms with E-state index in [1.807, 2.05) is 47.3 Å². The molecule has 7 rings (SSSR count). The minimum Gasteiger partial charge on any atom is -0.490 e. The Kier molecular flexibility index (Phi) is 7.93. The minimum absolute atomic E-state index is 0.0131. The molecule has 0 bridgehead atoms. The molecule has 2 aromatic carbocycles. The first-order chi connectivity index (χ1) is 22.6. The van der Waals surface area contributed by atoms with E-state index in [0.717, 1.165) is 34.3 Å². The maximum Gasteiger partial charge on any atom is 0.246 e. The predicted molar refractivity (Wildman–Crippen MR) is 179 cm³/mol. The summed E-state index contributed by atoms with van der Waals surface area (Å²) >= 11 is 1.40. The number of methoxy groups -OCH3 is 1. The molecule has 242 valence electrons. The molecule has 0 aliphatic carbocycles. The highest BCUT2D eigenvalue weighted by molar-refractivity contribution is 7.92. The fourth-order valence-electron chi connectivity index (χ4n) is 6.29. The largest absolute Gasteiger partial charge is 0.490 e. The van der Waals surface area contributed by atoms with Gasteiger partial charge >= 0.3 is 0 Å². The molecule has 2 aliphatic rings. The molecule has 3 aromatic heterocycles. The number of amides is 1. The van der Waals surface area contributed by atoms with E-state index in [0.29, 0.717) is 51.9 Å². The molecule has 1 unspecified atom stereocenters. The number of ether oxygens (including phenoxy) is 2. The first-order valence-electron chi connectivity index (χ1n) is 14.9. The Labute approximate surface area is 274 Å². The molecular weight excluding hydrogens is 645 g/mol. The van der Waals surface area contributed by atoms with E-state index in [1.54, 1.807) is 11.2 Å². The van der Waals surface area contributed by atoms with Crippen LogP contribution in [0.15, 0.2) is 64.9 Å². The molecule has 0 fully saturated rings. The molecular formula is C34H31F2N5O4S2. The van der Waals surface area contributed by atoms with Crippen molar-refractivity contribution < 1.29 is 27.3 Å². The minimum atomic E-state index is -2.36. The van der Waals surface area contributed by atoms with E-state index in [-0.39, 0.29) is 36.5 Å². The van der Waals surface area contributed by atoms with Crippen LogP contribution < -0.4 is 4.74 Å².